The molecule has 2 fully saturated rings. The fourth-order valence-electron chi connectivity index (χ4n) is 2.92. The lowest BCUT2D eigenvalue weighted by Gasteiger charge is -2.35. The van der Waals surface area contributed by atoms with Crippen LogP contribution in [0.15, 0.2) is 0 Å². The third kappa shape index (κ3) is 5.54. The Labute approximate surface area is 128 Å². The number of carbonyl (C=O) groups is 1. The van der Waals surface area contributed by atoms with Crippen molar-refractivity contribution >= 4 is 5.91 Å². The Kier molecular flexibility index (Phi) is 6.89. The Morgan fingerprint density at radius 1 is 1.33 bits per heavy atom. The van der Waals surface area contributed by atoms with Crippen LogP contribution < -0.4 is 10.6 Å². The molecule has 2 N–H and O–H groups in total. The molecule has 1 amide bonds. The molecular formula is C15H30N4O2. The van der Waals surface area contributed by atoms with E-state index in [1.165, 1.54) is 0 Å². The molecular weight excluding hydrogens is 268 g/mol. The molecule has 21 heavy (non-hydrogen) atoms. The number of likely N-dealkylation sites (N-methyl/N-ethyl adjacent to an activating group) is 1. The number of amides is 1. The molecule has 6 heteroatoms. The van der Waals surface area contributed by atoms with Crippen LogP contribution in [0.3, 0.4) is 0 Å². The van der Waals surface area contributed by atoms with Crippen LogP contribution >= 0.6 is 0 Å². The van der Waals surface area contributed by atoms with Crippen molar-refractivity contribution in [1.82, 2.24) is 20.4 Å². The van der Waals surface area contributed by atoms with Crippen molar-refractivity contribution in [3.05, 3.63) is 0 Å². The van der Waals surface area contributed by atoms with E-state index in [9.17, 15) is 4.79 Å². The molecule has 2 rings (SSSR count). The van der Waals surface area contributed by atoms with Gasteiger partial charge in [-0.3, -0.25) is 4.79 Å². The Hall–Kier alpha value is -0.690. The number of hydrogen-bond donors (Lipinski definition) is 2. The molecule has 0 bridgehead atoms. The first-order valence-electron chi connectivity index (χ1n) is 8.23. The number of nitrogens with one attached hydrogen (secondary N) is 2. The summed E-state index contributed by atoms with van der Waals surface area (Å²) in [6.07, 6.45) is -0.320. The largest absolute Gasteiger partial charge is 0.366 e. The highest BCUT2D eigenvalue weighted by Gasteiger charge is 2.22. The number of rotatable bonds is 6. The SMILES string of the molecule is CCN1CCN(CC(C)CNC(=O)C2CNCCO2)CC1. The maximum Gasteiger partial charge on any atom is 0.250 e. The minimum absolute atomic E-state index is 0.0184. The fourth-order valence-corrected chi connectivity index (χ4v) is 2.92. The van der Waals surface area contributed by atoms with E-state index in [-0.39, 0.29) is 12.0 Å². The van der Waals surface area contributed by atoms with Crippen molar-refractivity contribution in [3.8, 4) is 0 Å². The first-order chi connectivity index (χ1) is 10.2. The van der Waals surface area contributed by atoms with Crippen LogP contribution in [0.5, 0.6) is 0 Å². The summed E-state index contributed by atoms with van der Waals surface area (Å²) in [7, 11) is 0. The van der Waals surface area contributed by atoms with Gasteiger partial charge in [0.15, 0.2) is 0 Å². The maximum absolute atomic E-state index is 12.0. The zero-order chi connectivity index (χ0) is 15.1. The summed E-state index contributed by atoms with van der Waals surface area (Å²) in [5.41, 5.74) is 0. The molecule has 0 saturated carbocycles. The zero-order valence-electron chi connectivity index (χ0n) is 13.4. The average molecular weight is 298 g/mol. The van der Waals surface area contributed by atoms with Gasteiger partial charge in [-0.2, -0.15) is 0 Å². The van der Waals surface area contributed by atoms with E-state index < -0.39 is 0 Å². The summed E-state index contributed by atoms with van der Waals surface area (Å²) in [6, 6.07) is 0. The Bertz CT molecular complexity index is 313. The van der Waals surface area contributed by atoms with Crippen LogP contribution in [-0.2, 0) is 9.53 Å². The van der Waals surface area contributed by atoms with Crippen LogP contribution in [0, 0.1) is 5.92 Å². The summed E-state index contributed by atoms with van der Waals surface area (Å²) in [5.74, 6) is 0.489. The lowest BCUT2D eigenvalue weighted by atomic mass is 10.1. The van der Waals surface area contributed by atoms with E-state index in [1.807, 2.05) is 0 Å². The van der Waals surface area contributed by atoms with Crippen LogP contribution in [-0.4, -0.2) is 87.3 Å². The van der Waals surface area contributed by atoms with Gasteiger partial charge in [0, 0.05) is 52.4 Å². The van der Waals surface area contributed by atoms with Gasteiger partial charge in [-0.25, -0.2) is 0 Å². The van der Waals surface area contributed by atoms with Crippen molar-refractivity contribution in [3.63, 3.8) is 0 Å². The number of piperazine rings is 1. The molecule has 2 aliphatic heterocycles. The van der Waals surface area contributed by atoms with Crippen molar-refractivity contribution in [2.45, 2.75) is 20.0 Å². The molecule has 2 heterocycles. The summed E-state index contributed by atoms with van der Waals surface area (Å²) in [5, 5.41) is 6.20. The van der Waals surface area contributed by atoms with E-state index in [0.29, 0.717) is 19.1 Å². The highest BCUT2D eigenvalue weighted by Crippen LogP contribution is 2.05. The average Bonchev–Trinajstić information content (AvgIpc) is 2.54. The van der Waals surface area contributed by atoms with Crippen LogP contribution in [0.2, 0.25) is 0 Å². The van der Waals surface area contributed by atoms with Gasteiger partial charge >= 0.3 is 0 Å². The number of carbonyl (C=O) groups excluding carboxylic acids is 1. The fraction of sp³-hybridized carbons (Fsp3) is 0.933. The Balaban J connectivity index is 1.61. The second kappa shape index (κ2) is 8.68. The minimum Gasteiger partial charge on any atom is -0.366 e. The third-order valence-electron chi connectivity index (χ3n) is 4.33. The van der Waals surface area contributed by atoms with Gasteiger partial charge in [-0.1, -0.05) is 13.8 Å². The predicted octanol–water partition coefficient (Wildman–Crippen LogP) is -0.635. The molecule has 0 radical (unpaired) electrons. The first kappa shape index (κ1) is 16.7. The maximum atomic E-state index is 12.0. The summed E-state index contributed by atoms with van der Waals surface area (Å²) in [6.45, 7) is 14.0. The first-order valence-corrected chi connectivity index (χ1v) is 8.23. The molecule has 0 aliphatic carbocycles. The van der Waals surface area contributed by atoms with Gasteiger partial charge in [0.05, 0.1) is 6.61 Å². The number of nitrogens with zero attached hydrogens (tertiary/aromatic N) is 2. The van der Waals surface area contributed by atoms with Gasteiger partial charge in [0.2, 0.25) is 5.91 Å². The van der Waals surface area contributed by atoms with E-state index in [0.717, 1.165) is 52.4 Å². The van der Waals surface area contributed by atoms with Gasteiger partial charge in [0.1, 0.15) is 6.10 Å². The standard InChI is InChI=1S/C15H30N4O2/c1-3-18-5-7-19(8-6-18)12-13(2)10-17-15(20)14-11-16-4-9-21-14/h13-14,16H,3-12H2,1-2H3,(H,17,20). The Morgan fingerprint density at radius 3 is 2.67 bits per heavy atom. The Morgan fingerprint density at radius 2 is 2.05 bits per heavy atom. The minimum atomic E-state index is -0.320. The second-order valence-electron chi connectivity index (χ2n) is 6.15. The van der Waals surface area contributed by atoms with E-state index in [1.54, 1.807) is 0 Å². The van der Waals surface area contributed by atoms with Gasteiger partial charge in [0.25, 0.3) is 0 Å². The number of morpholine rings is 1. The number of ether oxygens (including phenoxy) is 1. The van der Waals surface area contributed by atoms with Crippen LogP contribution in [0.1, 0.15) is 13.8 Å². The topological polar surface area (TPSA) is 56.8 Å². The summed E-state index contributed by atoms with van der Waals surface area (Å²) < 4.78 is 5.46. The molecule has 0 aromatic heterocycles. The van der Waals surface area contributed by atoms with E-state index in [2.05, 4.69) is 34.3 Å². The molecule has 2 atom stereocenters. The molecule has 0 aromatic carbocycles. The smallest absolute Gasteiger partial charge is 0.250 e. The van der Waals surface area contributed by atoms with E-state index >= 15 is 0 Å². The number of hydrogen-bond acceptors (Lipinski definition) is 5. The van der Waals surface area contributed by atoms with Gasteiger partial charge in [-0.05, 0) is 12.5 Å². The summed E-state index contributed by atoms with van der Waals surface area (Å²) >= 11 is 0. The molecule has 2 saturated heterocycles. The van der Waals surface area contributed by atoms with Crippen molar-refractivity contribution < 1.29 is 9.53 Å². The molecule has 0 spiro atoms. The second-order valence-corrected chi connectivity index (χ2v) is 6.15. The molecule has 2 aliphatic rings. The quantitative estimate of drug-likeness (QED) is 0.683. The van der Waals surface area contributed by atoms with E-state index in [4.69, 9.17) is 4.74 Å². The molecule has 6 nitrogen and oxygen atoms in total. The summed E-state index contributed by atoms with van der Waals surface area (Å²) in [4.78, 5) is 17.0. The van der Waals surface area contributed by atoms with Crippen molar-refractivity contribution in [1.29, 1.82) is 0 Å². The normalized spacial score (nSPS) is 26.5. The molecule has 122 valence electrons. The van der Waals surface area contributed by atoms with Crippen LogP contribution in [0.4, 0.5) is 0 Å². The zero-order valence-corrected chi connectivity index (χ0v) is 13.4. The monoisotopic (exact) mass is 298 g/mol. The molecule has 2 unspecified atom stereocenters. The van der Waals surface area contributed by atoms with Crippen molar-refractivity contribution in [2.75, 3.05) is 65.5 Å². The predicted molar refractivity (Wildman–Crippen MR) is 83.3 cm³/mol. The highest BCUT2D eigenvalue weighted by molar-refractivity contribution is 5.81. The van der Waals surface area contributed by atoms with Crippen LogP contribution in [0.25, 0.3) is 0 Å². The highest BCUT2D eigenvalue weighted by atomic mass is 16.5. The van der Waals surface area contributed by atoms with Crippen molar-refractivity contribution in [2.24, 2.45) is 5.92 Å². The van der Waals surface area contributed by atoms with Gasteiger partial charge < -0.3 is 25.2 Å². The lowest BCUT2D eigenvalue weighted by molar-refractivity contribution is -0.134. The third-order valence-corrected chi connectivity index (χ3v) is 4.33. The molecule has 0 aromatic rings. The van der Waals surface area contributed by atoms with Gasteiger partial charge in [-0.15, -0.1) is 0 Å². The lowest BCUT2D eigenvalue weighted by Crippen LogP contribution is -2.50.